The van der Waals surface area contributed by atoms with E-state index in [1.54, 1.807) is 24.4 Å². The van der Waals surface area contributed by atoms with E-state index in [1.807, 2.05) is 4.90 Å². The SMILES string of the molecule is O=Nc1cccnc1N1CCC(=CC#Cc2ccc(C(F)(F)F)nc2)CC1. The summed E-state index contributed by atoms with van der Waals surface area (Å²) in [7, 11) is 0. The van der Waals surface area contributed by atoms with Gasteiger partial charge in [0.25, 0.3) is 0 Å². The Hall–Kier alpha value is -3.21. The summed E-state index contributed by atoms with van der Waals surface area (Å²) in [5.41, 5.74) is 0.944. The van der Waals surface area contributed by atoms with Gasteiger partial charge in [0.1, 0.15) is 11.4 Å². The van der Waals surface area contributed by atoms with Gasteiger partial charge in [-0.1, -0.05) is 17.4 Å². The molecule has 0 saturated carbocycles. The van der Waals surface area contributed by atoms with Crippen molar-refractivity contribution in [3.63, 3.8) is 0 Å². The molecule has 1 fully saturated rings. The first-order chi connectivity index (χ1) is 13.0. The number of allylic oxidation sites excluding steroid dienone is 1. The molecule has 1 aliphatic heterocycles. The van der Waals surface area contributed by atoms with E-state index in [4.69, 9.17) is 0 Å². The van der Waals surface area contributed by atoms with Gasteiger partial charge < -0.3 is 4.90 Å². The van der Waals surface area contributed by atoms with E-state index in [9.17, 15) is 18.1 Å². The molecule has 0 bridgehead atoms. The molecule has 1 aliphatic rings. The smallest absolute Gasteiger partial charge is 0.354 e. The van der Waals surface area contributed by atoms with Gasteiger partial charge in [-0.3, -0.25) is 4.98 Å². The molecule has 2 aromatic rings. The van der Waals surface area contributed by atoms with Crippen LogP contribution >= 0.6 is 0 Å². The number of halogens is 3. The number of alkyl halides is 3. The minimum atomic E-state index is -4.45. The largest absolute Gasteiger partial charge is 0.433 e. The Labute approximate surface area is 153 Å². The first kappa shape index (κ1) is 18.6. The molecule has 0 N–H and O–H groups in total. The van der Waals surface area contributed by atoms with Gasteiger partial charge in [-0.05, 0) is 48.4 Å². The molecule has 8 heteroatoms. The quantitative estimate of drug-likeness (QED) is 0.576. The van der Waals surface area contributed by atoms with Crippen LogP contribution in [0.2, 0.25) is 0 Å². The Morgan fingerprint density at radius 1 is 1.15 bits per heavy atom. The highest BCUT2D eigenvalue weighted by molar-refractivity contribution is 5.61. The van der Waals surface area contributed by atoms with Crippen LogP contribution in [0.1, 0.15) is 24.1 Å². The van der Waals surface area contributed by atoms with Gasteiger partial charge in [0.2, 0.25) is 0 Å². The summed E-state index contributed by atoms with van der Waals surface area (Å²) in [5.74, 6) is 6.24. The zero-order valence-corrected chi connectivity index (χ0v) is 14.2. The van der Waals surface area contributed by atoms with Crippen molar-refractivity contribution in [1.29, 1.82) is 0 Å². The van der Waals surface area contributed by atoms with E-state index in [-0.39, 0.29) is 0 Å². The third-order valence-electron chi connectivity index (χ3n) is 4.12. The molecule has 0 amide bonds. The van der Waals surface area contributed by atoms with Gasteiger partial charge in [-0.15, -0.1) is 4.91 Å². The number of hydrogen-bond acceptors (Lipinski definition) is 5. The van der Waals surface area contributed by atoms with Crippen LogP contribution in [0.25, 0.3) is 0 Å². The number of piperidine rings is 1. The molecule has 2 aromatic heterocycles. The molecule has 0 radical (unpaired) electrons. The predicted octanol–water partition coefficient (Wildman–Crippen LogP) is 4.47. The van der Waals surface area contributed by atoms with Crippen LogP contribution in [0.3, 0.4) is 0 Å². The predicted molar refractivity (Wildman–Crippen MR) is 95.3 cm³/mol. The van der Waals surface area contributed by atoms with Crippen molar-refractivity contribution in [2.24, 2.45) is 5.18 Å². The van der Waals surface area contributed by atoms with Crippen LogP contribution in [0, 0.1) is 16.7 Å². The molecule has 138 valence electrons. The summed E-state index contributed by atoms with van der Waals surface area (Å²) in [5, 5.41) is 3.00. The average Bonchev–Trinajstić information content (AvgIpc) is 2.68. The summed E-state index contributed by atoms with van der Waals surface area (Å²) in [6.45, 7) is 1.38. The first-order valence-electron chi connectivity index (χ1n) is 8.23. The second-order valence-corrected chi connectivity index (χ2v) is 5.93. The lowest BCUT2D eigenvalue weighted by atomic mass is 10.0. The molecule has 3 rings (SSSR count). The Kier molecular flexibility index (Phi) is 5.50. The lowest BCUT2D eigenvalue weighted by Crippen LogP contribution is -2.31. The van der Waals surface area contributed by atoms with Crippen molar-refractivity contribution >= 4 is 11.5 Å². The van der Waals surface area contributed by atoms with E-state index >= 15 is 0 Å². The third-order valence-corrected chi connectivity index (χ3v) is 4.12. The van der Waals surface area contributed by atoms with Crippen molar-refractivity contribution in [3.8, 4) is 11.8 Å². The molecule has 1 saturated heterocycles. The molecule has 3 heterocycles. The summed E-state index contributed by atoms with van der Waals surface area (Å²) < 4.78 is 37.4. The highest BCUT2D eigenvalue weighted by atomic mass is 19.4. The Morgan fingerprint density at radius 2 is 1.93 bits per heavy atom. The number of nitrogens with zero attached hydrogens (tertiary/aromatic N) is 4. The van der Waals surface area contributed by atoms with Gasteiger partial charge in [-0.25, -0.2) is 4.98 Å². The second kappa shape index (κ2) is 7.99. The van der Waals surface area contributed by atoms with Crippen molar-refractivity contribution in [2.75, 3.05) is 18.0 Å². The number of aromatic nitrogens is 2. The van der Waals surface area contributed by atoms with E-state index in [1.165, 1.54) is 6.07 Å². The molecule has 0 aliphatic carbocycles. The van der Waals surface area contributed by atoms with Crippen LogP contribution < -0.4 is 4.90 Å². The third kappa shape index (κ3) is 4.70. The number of nitroso groups, excluding NO2 is 1. The molecule has 27 heavy (non-hydrogen) atoms. The maximum Gasteiger partial charge on any atom is 0.433 e. The molecule has 0 atom stereocenters. The van der Waals surface area contributed by atoms with Crippen molar-refractivity contribution in [1.82, 2.24) is 9.97 Å². The number of hydrogen-bond donors (Lipinski definition) is 0. The van der Waals surface area contributed by atoms with Crippen LogP contribution in [-0.4, -0.2) is 23.1 Å². The zero-order chi connectivity index (χ0) is 19.3. The summed E-state index contributed by atoms with van der Waals surface area (Å²) in [4.78, 5) is 20.5. The molecular weight excluding hydrogens is 357 g/mol. The van der Waals surface area contributed by atoms with E-state index < -0.39 is 11.9 Å². The molecule has 0 unspecified atom stereocenters. The van der Waals surface area contributed by atoms with Gasteiger partial charge in [0.05, 0.1) is 0 Å². The highest BCUT2D eigenvalue weighted by Gasteiger charge is 2.31. The maximum absolute atomic E-state index is 12.5. The van der Waals surface area contributed by atoms with Crippen LogP contribution in [0.15, 0.2) is 53.5 Å². The summed E-state index contributed by atoms with van der Waals surface area (Å²) >= 11 is 0. The van der Waals surface area contributed by atoms with E-state index in [2.05, 4.69) is 27.0 Å². The van der Waals surface area contributed by atoms with Gasteiger partial charge in [0.15, 0.2) is 5.82 Å². The van der Waals surface area contributed by atoms with Gasteiger partial charge in [0, 0.05) is 31.0 Å². The summed E-state index contributed by atoms with van der Waals surface area (Å²) in [6, 6.07) is 5.52. The first-order valence-corrected chi connectivity index (χ1v) is 8.23. The lowest BCUT2D eigenvalue weighted by Gasteiger charge is -2.29. The zero-order valence-electron chi connectivity index (χ0n) is 14.2. The standard InChI is InChI=1S/C19H15F3N4O/c20-19(21,22)17-7-6-15(13-24-17)4-1-3-14-8-11-26(12-9-14)18-16(25-27)5-2-10-23-18/h2-3,5-7,10,13H,8-9,11-12H2. The molecular formula is C19H15F3N4O. The molecule has 0 spiro atoms. The van der Waals surface area contributed by atoms with Gasteiger partial charge in [-0.2, -0.15) is 13.2 Å². The Morgan fingerprint density at radius 3 is 2.56 bits per heavy atom. The lowest BCUT2D eigenvalue weighted by molar-refractivity contribution is -0.141. The van der Waals surface area contributed by atoms with E-state index in [0.717, 1.165) is 30.7 Å². The van der Waals surface area contributed by atoms with Crippen molar-refractivity contribution in [2.45, 2.75) is 19.0 Å². The minimum absolute atomic E-state index is 0.319. The van der Waals surface area contributed by atoms with Crippen LogP contribution in [-0.2, 0) is 6.18 Å². The normalized spacial score (nSPS) is 14.3. The summed E-state index contributed by atoms with van der Waals surface area (Å²) in [6.07, 6.45) is 1.59. The molecule has 5 nitrogen and oxygen atoms in total. The van der Waals surface area contributed by atoms with E-state index in [0.29, 0.717) is 30.2 Å². The minimum Gasteiger partial charge on any atom is -0.354 e. The van der Waals surface area contributed by atoms with Crippen molar-refractivity contribution < 1.29 is 13.2 Å². The Balaban J connectivity index is 1.61. The van der Waals surface area contributed by atoms with Crippen molar-refractivity contribution in [3.05, 3.63) is 64.5 Å². The fourth-order valence-electron chi connectivity index (χ4n) is 2.71. The second-order valence-electron chi connectivity index (χ2n) is 5.93. The fourth-order valence-corrected chi connectivity index (χ4v) is 2.71. The fraction of sp³-hybridized carbons (Fsp3) is 0.263. The van der Waals surface area contributed by atoms with Crippen LogP contribution in [0.5, 0.6) is 0 Å². The Bertz CT molecular complexity index is 901. The topological polar surface area (TPSA) is 58.5 Å². The monoisotopic (exact) mass is 372 g/mol. The number of rotatable bonds is 2. The number of pyridine rings is 2. The molecule has 0 aromatic carbocycles. The highest BCUT2D eigenvalue weighted by Crippen LogP contribution is 2.29. The van der Waals surface area contributed by atoms with Gasteiger partial charge >= 0.3 is 6.18 Å². The average molecular weight is 372 g/mol. The number of anilines is 1. The maximum atomic E-state index is 12.5. The van der Waals surface area contributed by atoms with Crippen LogP contribution in [0.4, 0.5) is 24.7 Å².